The summed E-state index contributed by atoms with van der Waals surface area (Å²) < 4.78 is 6.39. The van der Waals surface area contributed by atoms with Gasteiger partial charge in [-0.25, -0.2) is 0 Å². The third-order valence-electron chi connectivity index (χ3n) is 9.08. The smallest absolute Gasteiger partial charge is 0.251 e. The Kier molecular flexibility index (Phi) is 9.38. The van der Waals surface area contributed by atoms with Gasteiger partial charge in [-0.3, -0.25) is 9.59 Å². The molecule has 1 N–H and O–H groups in total. The van der Waals surface area contributed by atoms with Gasteiger partial charge in [0.1, 0.15) is 21.5 Å². The minimum atomic E-state index is -0.0719. The number of nitrogens with zero attached hydrogens (tertiary/aromatic N) is 4. The van der Waals surface area contributed by atoms with Crippen molar-refractivity contribution in [1.29, 1.82) is 0 Å². The highest BCUT2D eigenvalue weighted by atomic mass is 32.1. The van der Waals surface area contributed by atoms with Crippen LogP contribution >= 0.6 is 11.3 Å². The largest absolute Gasteiger partial charge is 0.457 e. The third-order valence-corrected chi connectivity index (χ3v) is 10.4. The normalized spacial score (nSPS) is 18.9. The Morgan fingerprint density at radius 3 is 2.42 bits per heavy atom. The van der Waals surface area contributed by atoms with Crippen LogP contribution in [0.3, 0.4) is 0 Å². The fourth-order valence-corrected chi connectivity index (χ4v) is 7.35. The van der Waals surface area contributed by atoms with Gasteiger partial charge in [-0.15, -0.1) is 10.2 Å². The van der Waals surface area contributed by atoms with E-state index in [0.29, 0.717) is 35.9 Å². The second kappa shape index (κ2) is 13.6. The highest BCUT2D eigenvalue weighted by Crippen LogP contribution is 2.33. The van der Waals surface area contributed by atoms with Crippen LogP contribution in [0.1, 0.15) is 98.5 Å². The Balaban J connectivity index is 1.15. The van der Waals surface area contributed by atoms with Crippen LogP contribution in [0.2, 0.25) is 0 Å². The number of aromatic nitrogens is 2. The third kappa shape index (κ3) is 7.27. The fraction of sp³-hybridized carbons (Fsp3) is 0.529. The van der Waals surface area contributed by atoms with Crippen LogP contribution < -0.4 is 10.1 Å². The number of carbonyl (C=O) groups excluding carboxylic acids is 2. The van der Waals surface area contributed by atoms with Gasteiger partial charge in [-0.05, 0) is 68.5 Å². The van der Waals surface area contributed by atoms with E-state index < -0.39 is 0 Å². The number of likely N-dealkylation sites (tertiary alicyclic amines) is 2. The molecule has 0 unspecified atom stereocenters. The lowest BCUT2D eigenvalue weighted by Gasteiger charge is -2.39. The average molecular weight is 602 g/mol. The number of hydrogen-bond donors (Lipinski definition) is 1. The number of rotatable bonds is 9. The SMILES string of the molecule is CC(C)c1nnc(-c2ccc(Oc3cc(C(=O)NC4CCN(C5CCCCC5)CC4)ccc3CN3CCCC3=O)cc2)s1. The Morgan fingerprint density at radius 1 is 0.977 bits per heavy atom. The lowest BCUT2D eigenvalue weighted by molar-refractivity contribution is -0.128. The van der Waals surface area contributed by atoms with Crippen LogP contribution in [-0.4, -0.2) is 63.5 Å². The summed E-state index contributed by atoms with van der Waals surface area (Å²) in [6, 6.07) is 14.3. The van der Waals surface area contributed by atoms with Crippen molar-refractivity contribution in [3.05, 3.63) is 58.6 Å². The molecule has 6 rings (SSSR count). The Hall–Kier alpha value is -3.30. The maximum atomic E-state index is 13.4. The summed E-state index contributed by atoms with van der Waals surface area (Å²) in [5.74, 6) is 1.70. The summed E-state index contributed by atoms with van der Waals surface area (Å²) in [6.07, 6.45) is 10.1. The summed E-state index contributed by atoms with van der Waals surface area (Å²) in [5.41, 5.74) is 2.46. The molecule has 2 saturated heterocycles. The van der Waals surface area contributed by atoms with Crippen molar-refractivity contribution in [3.63, 3.8) is 0 Å². The lowest BCUT2D eigenvalue weighted by Crippen LogP contribution is -2.48. The molecule has 3 fully saturated rings. The van der Waals surface area contributed by atoms with Crippen LogP contribution in [0.15, 0.2) is 42.5 Å². The predicted molar refractivity (Wildman–Crippen MR) is 170 cm³/mol. The highest BCUT2D eigenvalue weighted by molar-refractivity contribution is 7.14. The number of nitrogens with one attached hydrogen (secondary N) is 1. The van der Waals surface area contributed by atoms with E-state index in [4.69, 9.17) is 4.74 Å². The van der Waals surface area contributed by atoms with Crippen molar-refractivity contribution in [2.24, 2.45) is 0 Å². The maximum absolute atomic E-state index is 13.4. The van der Waals surface area contributed by atoms with Gasteiger partial charge in [-0.1, -0.05) is 50.5 Å². The standard InChI is InChI=1S/C34H43N5O3S/c1-23(2)33-36-37-34(43-33)24-12-14-29(15-13-24)42-30-21-25(10-11-26(30)22-39-18-6-9-31(39)40)32(41)35-27-16-19-38(20-17-27)28-7-4-3-5-8-28/h10-15,21,23,27-28H,3-9,16-20,22H2,1-2H3,(H,35,41). The number of carbonyl (C=O) groups is 2. The van der Waals surface area contributed by atoms with Crippen LogP contribution in [0.25, 0.3) is 10.6 Å². The van der Waals surface area contributed by atoms with E-state index in [0.717, 1.165) is 66.1 Å². The molecule has 0 atom stereocenters. The quantitative estimate of drug-likeness (QED) is 0.291. The summed E-state index contributed by atoms with van der Waals surface area (Å²) >= 11 is 1.60. The zero-order chi connectivity index (χ0) is 29.8. The number of amides is 2. The van der Waals surface area contributed by atoms with Gasteiger partial charge >= 0.3 is 0 Å². The average Bonchev–Trinajstić information content (AvgIpc) is 3.69. The fourth-order valence-electron chi connectivity index (χ4n) is 6.50. The number of benzene rings is 2. The van der Waals surface area contributed by atoms with E-state index >= 15 is 0 Å². The number of piperidine rings is 1. The van der Waals surface area contributed by atoms with Crippen molar-refractivity contribution < 1.29 is 14.3 Å². The van der Waals surface area contributed by atoms with E-state index in [1.165, 1.54) is 32.1 Å². The maximum Gasteiger partial charge on any atom is 0.251 e. The zero-order valence-corrected chi connectivity index (χ0v) is 26.2. The zero-order valence-electron chi connectivity index (χ0n) is 25.4. The van der Waals surface area contributed by atoms with Gasteiger partial charge in [0.05, 0.1) is 0 Å². The second-order valence-electron chi connectivity index (χ2n) is 12.5. The molecule has 3 aromatic rings. The number of ether oxygens (including phenoxy) is 1. The van der Waals surface area contributed by atoms with Crippen molar-refractivity contribution in [3.8, 4) is 22.1 Å². The van der Waals surface area contributed by atoms with Crippen LogP contribution in [0, 0.1) is 0 Å². The summed E-state index contributed by atoms with van der Waals surface area (Å²) in [4.78, 5) is 30.3. The lowest BCUT2D eigenvalue weighted by atomic mass is 9.92. The molecule has 8 nitrogen and oxygen atoms in total. The summed E-state index contributed by atoms with van der Waals surface area (Å²) in [6.45, 7) is 7.55. The molecule has 9 heteroatoms. The van der Waals surface area contributed by atoms with E-state index in [-0.39, 0.29) is 17.9 Å². The van der Waals surface area contributed by atoms with Gasteiger partial charge < -0.3 is 19.9 Å². The van der Waals surface area contributed by atoms with Gasteiger partial charge in [0, 0.05) is 67.3 Å². The summed E-state index contributed by atoms with van der Waals surface area (Å²) in [5, 5.41) is 13.8. The second-order valence-corrected chi connectivity index (χ2v) is 13.6. The first kappa shape index (κ1) is 29.8. The molecule has 1 saturated carbocycles. The molecular formula is C34H43N5O3S. The van der Waals surface area contributed by atoms with Gasteiger partial charge in [-0.2, -0.15) is 0 Å². The first-order valence-electron chi connectivity index (χ1n) is 16.0. The monoisotopic (exact) mass is 601 g/mol. The van der Waals surface area contributed by atoms with E-state index in [1.807, 2.05) is 47.4 Å². The first-order valence-corrected chi connectivity index (χ1v) is 16.8. The van der Waals surface area contributed by atoms with Crippen molar-refractivity contribution in [2.45, 2.75) is 96.2 Å². The topological polar surface area (TPSA) is 87.7 Å². The molecule has 2 aromatic carbocycles. The minimum Gasteiger partial charge on any atom is -0.457 e. The number of hydrogen-bond acceptors (Lipinski definition) is 7. The molecule has 1 aliphatic carbocycles. The Morgan fingerprint density at radius 2 is 1.74 bits per heavy atom. The molecule has 3 heterocycles. The Bertz CT molecular complexity index is 1410. The van der Waals surface area contributed by atoms with Gasteiger partial charge in [0.25, 0.3) is 5.91 Å². The molecule has 2 amide bonds. The van der Waals surface area contributed by atoms with Crippen molar-refractivity contribution >= 4 is 23.2 Å². The molecule has 43 heavy (non-hydrogen) atoms. The summed E-state index contributed by atoms with van der Waals surface area (Å²) in [7, 11) is 0. The van der Waals surface area contributed by atoms with Crippen LogP contribution in [0.4, 0.5) is 0 Å². The van der Waals surface area contributed by atoms with Gasteiger partial charge in [0.15, 0.2) is 0 Å². The molecule has 3 aliphatic rings. The van der Waals surface area contributed by atoms with Gasteiger partial charge in [0.2, 0.25) is 5.91 Å². The highest BCUT2D eigenvalue weighted by Gasteiger charge is 2.28. The molecule has 0 spiro atoms. The molecule has 228 valence electrons. The van der Waals surface area contributed by atoms with E-state index in [9.17, 15) is 9.59 Å². The van der Waals surface area contributed by atoms with E-state index in [1.54, 1.807) is 11.3 Å². The van der Waals surface area contributed by atoms with Crippen molar-refractivity contribution in [2.75, 3.05) is 19.6 Å². The first-order chi connectivity index (χ1) is 20.9. The van der Waals surface area contributed by atoms with Crippen molar-refractivity contribution in [1.82, 2.24) is 25.3 Å². The minimum absolute atomic E-state index is 0.0719. The molecule has 2 aliphatic heterocycles. The van der Waals surface area contributed by atoms with E-state index in [2.05, 4.69) is 34.3 Å². The Labute approximate surface area is 258 Å². The molecule has 1 aromatic heterocycles. The molecule has 0 bridgehead atoms. The van der Waals surface area contributed by atoms with Crippen LogP contribution in [-0.2, 0) is 11.3 Å². The molecule has 0 radical (unpaired) electrons. The molecular weight excluding hydrogens is 558 g/mol. The predicted octanol–water partition coefficient (Wildman–Crippen LogP) is 6.77. The van der Waals surface area contributed by atoms with Crippen LogP contribution in [0.5, 0.6) is 11.5 Å².